The summed E-state index contributed by atoms with van der Waals surface area (Å²) in [7, 11) is 3.96. The van der Waals surface area contributed by atoms with Crippen LogP contribution in [0.4, 0.5) is 0 Å². The number of nitrogens with two attached hydrogens (primary N) is 1. The van der Waals surface area contributed by atoms with Crippen molar-refractivity contribution in [3.05, 3.63) is 58.4 Å². The first-order valence-corrected chi connectivity index (χ1v) is 8.47. The number of aromatic nitrogens is 1. The van der Waals surface area contributed by atoms with Crippen molar-refractivity contribution in [3.63, 3.8) is 0 Å². The maximum atomic E-state index is 11.1. The van der Waals surface area contributed by atoms with E-state index in [-0.39, 0.29) is 24.0 Å². The Morgan fingerprint density at radius 2 is 2.00 bits per heavy atom. The Morgan fingerprint density at radius 3 is 2.50 bits per heavy atom. The van der Waals surface area contributed by atoms with Gasteiger partial charge in [-0.25, -0.2) is 4.99 Å². The second-order valence-corrected chi connectivity index (χ2v) is 6.28. The summed E-state index contributed by atoms with van der Waals surface area (Å²) in [5.41, 5.74) is 7.87. The molecule has 1 heterocycles. The van der Waals surface area contributed by atoms with Crippen LogP contribution in [-0.4, -0.2) is 34.9 Å². The lowest BCUT2D eigenvalue weighted by Crippen LogP contribution is -2.38. The van der Waals surface area contributed by atoms with Gasteiger partial charge >= 0.3 is 0 Å². The fourth-order valence-corrected chi connectivity index (χ4v) is 2.72. The smallest absolute Gasteiger partial charge is 0.248 e. The van der Waals surface area contributed by atoms with Crippen molar-refractivity contribution in [3.8, 4) is 0 Å². The van der Waals surface area contributed by atoms with E-state index in [4.69, 9.17) is 17.3 Å². The third-order valence-electron chi connectivity index (χ3n) is 3.82. The molecule has 0 fully saturated rings. The third-order valence-corrected chi connectivity index (χ3v) is 4.03. The van der Waals surface area contributed by atoms with Crippen LogP contribution in [0.1, 0.15) is 28.5 Å². The number of primary amides is 1. The molecule has 0 saturated heterocycles. The van der Waals surface area contributed by atoms with E-state index in [1.54, 1.807) is 12.1 Å². The van der Waals surface area contributed by atoms with Crippen LogP contribution in [0.25, 0.3) is 0 Å². The average Bonchev–Trinajstić information content (AvgIpc) is 2.89. The molecule has 0 atom stereocenters. The molecule has 3 N–H and O–H groups in total. The van der Waals surface area contributed by atoms with E-state index in [0.717, 1.165) is 28.8 Å². The third kappa shape index (κ3) is 6.21. The van der Waals surface area contributed by atoms with E-state index in [9.17, 15) is 4.79 Å². The van der Waals surface area contributed by atoms with Gasteiger partial charge < -0.3 is 20.5 Å². The van der Waals surface area contributed by atoms with Gasteiger partial charge in [-0.05, 0) is 30.7 Å². The minimum atomic E-state index is -0.427. The molecule has 1 aromatic carbocycles. The highest BCUT2D eigenvalue weighted by Gasteiger charge is 2.10. The van der Waals surface area contributed by atoms with Crippen LogP contribution < -0.4 is 11.1 Å². The zero-order valence-electron chi connectivity index (χ0n) is 15.2. The number of amides is 1. The Labute approximate surface area is 176 Å². The Bertz CT molecular complexity index is 757. The molecule has 26 heavy (non-hydrogen) atoms. The molecular formula is C18H25ClIN5O. The number of guanidine groups is 1. The van der Waals surface area contributed by atoms with E-state index in [2.05, 4.69) is 10.3 Å². The molecule has 0 saturated carbocycles. The zero-order valence-corrected chi connectivity index (χ0v) is 18.3. The summed E-state index contributed by atoms with van der Waals surface area (Å²) in [6.07, 6.45) is 1.88. The number of halogens is 2. The molecule has 142 valence electrons. The van der Waals surface area contributed by atoms with Gasteiger partial charge in [0.05, 0.1) is 18.1 Å². The lowest BCUT2D eigenvalue weighted by Gasteiger charge is -2.22. The summed E-state index contributed by atoms with van der Waals surface area (Å²) in [5, 5.41) is 4.01. The minimum absolute atomic E-state index is 0. The molecule has 1 aromatic heterocycles. The van der Waals surface area contributed by atoms with Crippen molar-refractivity contribution in [2.45, 2.75) is 20.0 Å². The van der Waals surface area contributed by atoms with Crippen molar-refractivity contribution in [2.75, 3.05) is 13.6 Å². The van der Waals surface area contributed by atoms with Crippen LogP contribution in [0.5, 0.6) is 0 Å². The fraction of sp³-hybridized carbons (Fsp3) is 0.333. The Kier molecular flexibility index (Phi) is 8.94. The SMILES string of the molecule is CCNC(=NCc1ccc(C(N)=O)cc1)N(C)Cc1cc(Cl)cn1C.I. The first kappa shape index (κ1) is 22.3. The van der Waals surface area contributed by atoms with E-state index in [1.807, 2.05) is 54.9 Å². The maximum absolute atomic E-state index is 11.1. The molecule has 6 nitrogen and oxygen atoms in total. The highest BCUT2D eigenvalue weighted by Crippen LogP contribution is 2.14. The van der Waals surface area contributed by atoms with Gasteiger partial charge in [0.2, 0.25) is 5.91 Å². The molecule has 2 aromatic rings. The lowest BCUT2D eigenvalue weighted by atomic mass is 10.1. The van der Waals surface area contributed by atoms with Gasteiger partial charge in [0.15, 0.2) is 5.96 Å². The summed E-state index contributed by atoms with van der Waals surface area (Å²) in [6.45, 7) is 4.01. The van der Waals surface area contributed by atoms with Crippen LogP contribution in [-0.2, 0) is 20.1 Å². The normalized spacial score (nSPS) is 11.0. The number of benzene rings is 1. The molecule has 0 bridgehead atoms. The predicted octanol–water partition coefficient (Wildman–Crippen LogP) is 2.99. The van der Waals surface area contributed by atoms with Crippen LogP contribution in [0.15, 0.2) is 41.5 Å². The van der Waals surface area contributed by atoms with E-state index in [1.165, 1.54) is 0 Å². The standard InChI is InChI=1S/C18H24ClN5O.HI/c1-4-21-18(24(3)12-16-9-15(19)11-23(16)2)22-10-13-5-7-14(8-6-13)17(20)25;/h5-9,11H,4,10,12H2,1-3H3,(H2,20,25)(H,21,22);1H. The number of aryl methyl sites for hydroxylation is 1. The number of aliphatic imine (C=N–C) groups is 1. The van der Waals surface area contributed by atoms with Crippen LogP contribution in [0.2, 0.25) is 5.02 Å². The van der Waals surface area contributed by atoms with Crippen molar-refractivity contribution < 1.29 is 4.79 Å². The Balaban J connectivity index is 0.00000338. The highest BCUT2D eigenvalue weighted by molar-refractivity contribution is 14.0. The largest absolute Gasteiger partial charge is 0.366 e. The molecule has 8 heteroatoms. The molecule has 2 rings (SSSR count). The molecule has 0 spiro atoms. The summed E-state index contributed by atoms with van der Waals surface area (Å²) < 4.78 is 2.00. The van der Waals surface area contributed by atoms with Gasteiger partial charge in [-0.15, -0.1) is 24.0 Å². The number of carbonyl (C=O) groups excluding carboxylic acids is 1. The highest BCUT2D eigenvalue weighted by atomic mass is 127. The van der Waals surface area contributed by atoms with Crippen molar-refractivity contribution in [1.29, 1.82) is 0 Å². The van der Waals surface area contributed by atoms with Crippen LogP contribution >= 0.6 is 35.6 Å². The van der Waals surface area contributed by atoms with E-state index >= 15 is 0 Å². The summed E-state index contributed by atoms with van der Waals surface area (Å²) in [6, 6.07) is 9.12. The van der Waals surface area contributed by atoms with E-state index < -0.39 is 5.91 Å². The lowest BCUT2D eigenvalue weighted by molar-refractivity contribution is 0.100. The fourth-order valence-electron chi connectivity index (χ4n) is 2.45. The summed E-state index contributed by atoms with van der Waals surface area (Å²) in [4.78, 5) is 17.8. The van der Waals surface area contributed by atoms with Gasteiger partial charge in [0, 0.05) is 38.1 Å². The first-order chi connectivity index (χ1) is 11.9. The molecule has 1 amide bonds. The number of nitrogens with one attached hydrogen (secondary N) is 1. The number of hydrogen-bond acceptors (Lipinski definition) is 2. The number of rotatable bonds is 6. The first-order valence-electron chi connectivity index (χ1n) is 8.09. The topological polar surface area (TPSA) is 75.6 Å². The Morgan fingerprint density at radius 1 is 1.35 bits per heavy atom. The molecule has 0 aliphatic heterocycles. The van der Waals surface area contributed by atoms with Gasteiger partial charge in [-0.2, -0.15) is 0 Å². The van der Waals surface area contributed by atoms with Gasteiger partial charge in [-0.3, -0.25) is 4.79 Å². The van der Waals surface area contributed by atoms with Gasteiger partial charge in [-0.1, -0.05) is 23.7 Å². The molecule has 0 aliphatic carbocycles. The van der Waals surface area contributed by atoms with E-state index in [0.29, 0.717) is 18.7 Å². The van der Waals surface area contributed by atoms with Crippen molar-refractivity contribution in [2.24, 2.45) is 17.8 Å². The zero-order chi connectivity index (χ0) is 18.4. The minimum Gasteiger partial charge on any atom is -0.366 e. The average molecular weight is 490 g/mol. The molecular weight excluding hydrogens is 465 g/mol. The predicted molar refractivity (Wildman–Crippen MR) is 117 cm³/mol. The second-order valence-electron chi connectivity index (χ2n) is 5.85. The quantitative estimate of drug-likeness (QED) is 0.372. The van der Waals surface area contributed by atoms with Crippen LogP contribution in [0.3, 0.4) is 0 Å². The summed E-state index contributed by atoms with van der Waals surface area (Å²) >= 11 is 6.05. The number of hydrogen-bond donors (Lipinski definition) is 2. The maximum Gasteiger partial charge on any atom is 0.248 e. The second kappa shape index (κ2) is 10.4. The number of nitrogens with zero attached hydrogens (tertiary/aromatic N) is 3. The molecule has 0 radical (unpaired) electrons. The van der Waals surface area contributed by atoms with Gasteiger partial charge in [0.1, 0.15) is 0 Å². The summed E-state index contributed by atoms with van der Waals surface area (Å²) in [5.74, 6) is 0.378. The molecule has 0 aliphatic rings. The number of carbonyl (C=O) groups is 1. The van der Waals surface area contributed by atoms with Gasteiger partial charge in [0.25, 0.3) is 0 Å². The van der Waals surface area contributed by atoms with Crippen molar-refractivity contribution >= 4 is 47.4 Å². The van der Waals surface area contributed by atoms with Crippen molar-refractivity contribution in [1.82, 2.24) is 14.8 Å². The van der Waals surface area contributed by atoms with Crippen LogP contribution in [0, 0.1) is 0 Å². The monoisotopic (exact) mass is 489 g/mol. The molecule has 0 unspecified atom stereocenters. The Hall–Kier alpha value is -1.74.